The van der Waals surface area contributed by atoms with Crippen molar-refractivity contribution in [3.05, 3.63) is 0 Å². The van der Waals surface area contributed by atoms with Gasteiger partial charge in [-0.2, -0.15) is 0 Å². The second kappa shape index (κ2) is 5.14. The lowest BCUT2D eigenvalue weighted by molar-refractivity contribution is -0.130. The van der Waals surface area contributed by atoms with Crippen LogP contribution >= 0.6 is 0 Å². The molecule has 1 aliphatic heterocycles. The Labute approximate surface area is 97.0 Å². The molecule has 16 heavy (non-hydrogen) atoms. The van der Waals surface area contributed by atoms with Gasteiger partial charge >= 0.3 is 0 Å². The lowest BCUT2D eigenvalue weighted by Crippen LogP contribution is -2.51. The van der Waals surface area contributed by atoms with Crippen LogP contribution in [0.4, 0.5) is 0 Å². The van der Waals surface area contributed by atoms with Crippen molar-refractivity contribution in [3.63, 3.8) is 0 Å². The Morgan fingerprint density at radius 1 is 1.44 bits per heavy atom. The zero-order chi connectivity index (χ0) is 12.2. The van der Waals surface area contributed by atoms with Gasteiger partial charge in [-0.15, -0.1) is 0 Å². The molecule has 0 aromatic carbocycles. The van der Waals surface area contributed by atoms with Crippen molar-refractivity contribution in [1.82, 2.24) is 10.0 Å². The first-order valence-corrected chi connectivity index (χ1v) is 7.36. The monoisotopic (exact) mass is 248 g/mol. The van der Waals surface area contributed by atoms with Crippen LogP contribution in [0.15, 0.2) is 0 Å². The first-order chi connectivity index (χ1) is 7.46. The van der Waals surface area contributed by atoms with Crippen LogP contribution in [0.5, 0.6) is 0 Å². The SMILES string of the molecule is CCC1(C(=O)NS(=O)(=O)CC)CCCNC1. The van der Waals surface area contributed by atoms with E-state index in [0.29, 0.717) is 13.0 Å². The molecule has 1 amide bonds. The Kier molecular flexibility index (Phi) is 4.32. The van der Waals surface area contributed by atoms with Gasteiger partial charge in [0.15, 0.2) is 0 Å². The van der Waals surface area contributed by atoms with Crippen LogP contribution in [-0.2, 0) is 14.8 Å². The molecular weight excluding hydrogens is 228 g/mol. The summed E-state index contributed by atoms with van der Waals surface area (Å²) in [6, 6.07) is 0. The summed E-state index contributed by atoms with van der Waals surface area (Å²) < 4.78 is 24.9. The minimum Gasteiger partial charge on any atom is -0.316 e. The van der Waals surface area contributed by atoms with Crippen molar-refractivity contribution < 1.29 is 13.2 Å². The van der Waals surface area contributed by atoms with Gasteiger partial charge in [0.1, 0.15) is 0 Å². The molecule has 0 radical (unpaired) electrons. The standard InChI is InChI=1S/C10H20N2O3S/c1-3-10(6-5-7-11-8-10)9(13)12-16(14,15)4-2/h11H,3-8H2,1-2H3,(H,12,13). The molecule has 0 aromatic rings. The highest BCUT2D eigenvalue weighted by Gasteiger charge is 2.39. The lowest BCUT2D eigenvalue weighted by atomic mass is 9.78. The predicted molar refractivity (Wildman–Crippen MR) is 62.4 cm³/mol. The summed E-state index contributed by atoms with van der Waals surface area (Å²) in [5, 5.41) is 3.16. The smallest absolute Gasteiger partial charge is 0.240 e. The number of carbonyl (C=O) groups excluding carboxylic acids is 1. The van der Waals surface area contributed by atoms with Gasteiger partial charge in [-0.1, -0.05) is 6.92 Å². The molecule has 6 heteroatoms. The van der Waals surface area contributed by atoms with E-state index < -0.39 is 15.4 Å². The maximum atomic E-state index is 12.0. The second-order valence-electron chi connectivity index (χ2n) is 4.25. The quantitative estimate of drug-likeness (QED) is 0.747. The predicted octanol–water partition coefficient (Wildman–Crippen LogP) is 0.232. The molecule has 0 aromatic heterocycles. The molecule has 0 aliphatic carbocycles. The molecule has 1 aliphatic rings. The number of piperidine rings is 1. The molecule has 1 heterocycles. The molecule has 1 fully saturated rings. The molecule has 0 bridgehead atoms. The van der Waals surface area contributed by atoms with E-state index in [1.165, 1.54) is 6.92 Å². The molecule has 0 saturated carbocycles. The molecule has 1 unspecified atom stereocenters. The van der Waals surface area contributed by atoms with Crippen LogP contribution in [0.25, 0.3) is 0 Å². The third kappa shape index (κ3) is 2.95. The minimum absolute atomic E-state index is 0.0635. The maximum absolute atomic E-state index is 12.0. The Bertz CT molecular complexity index is 345. The van der Waals surface area contributed by atoms with Gasteiger partial charge in [0, 0.05) is 6.54 Å². The molecule has 1 atom stereocenters. The molecule has 1 saturated heterocycles. The number of carbonyl (C=O) groups is 1. The number of nitrogens with one attached hydrogen (secondary N) is 2. The highest BCUT2D eigenvalue weighted by atomic mass is 32.2. The molecule has 2 N–H and O–H groups in total. The van der Waals surface area contributed by atoms with E-state index in [0.717, 1.165) is 19.4 Å². The van der Waals surface area contributed by atoms with E-state index in [-0.39, 0.29) is 11.7 Å². The Hall–Kier alpha value is -0.620. The van der Waals surface area contributed by atoms with Crippen molar-refractivity contribution in [2.45, 2.75) is 33.1 Å². The first kappa shape index (κ1) is 13.4. The summed E-state index contributed by atoms with van der Waals surface area (Å²) in [6.45, 7) is 4.91. The maximum Gasteiger partial charge on any atom is 0.240 e. The number of amides is 1. The van der Waals surface area contributed by atoms with Gasteiger partial charge in [0.25, 0.3) is 0 Å². The minimum atomic E-state index is -3.44. The topological polar surface area (TPSA) is 75.3 Å². The largest absolute Gasteiger partial charge is 0.316 e. The zero-order valence-electron chi connectivity index (χ0n) is 9.88. The summed E-state index contributed by atoms with van der Waals surface area (Å²) in [6.07, 6.45) is 2.32. The van der Waals surface area contributed by atoms with Crippen LogP contribution in [0, 0.1) is 5.41 Å². The van der Waals surface area contributed by atoms with Crippen LogP contribution < -0.4 is 10.0 Å². The average molecular weight is 248 g/mol. The van der Waals surface area contributed by atoms with Gasteiger partial charge < -0.3 is 5.32 Å². The Balaban J connectivity index is 2.77. The van der Waals surface area contributed by atoms with E-state index in [1.54, 1.807) is 0 Å². The third-order valence-electron chi connectivity index (χ3n) is 3.26. The number of sulfonamides is 1. The fourth-order valence-electron chi connectivity index (χ4n) is 1.95. The second-order valence-corrected chi connectivity index (χ2v) is 6.26. The summed E-state index contributed by atoms with van der Waals surface area (Å²) in [5.74, 6) is -0.421. The molecule has 0 spiro atoms. The molecular formula is C10H20N2O3S. The van der Waals surface area contributed by atoms with Crippen LogP contribution in [0.2, 0.25) is 0 Å². The van der Waals surface area contributed by atoms with Gasteiger partial charge in [-0.3, -0.25) is 9.52 Å². The van der Waals surface area contributed by atoms with E-state index in [2.05, 4.69) is 10.0 Å². The first-order valence-electron chi connectivity index (χ1n) is 5.71. The van der Waals surface area contributed by atoms with Crippen molar-refractivity contribution in [2.24, 2.45) is 5.41 Å². The van der Waals surface area contributed by atoms with E-state index in [4.69, 9.17) is 0 Å². The van der Waals surface area contributed by atoms with Crippen molar-refractivity contribution in [1.29, 1.82) is 0 Å². The summed E-state index contributed by atoms with van der Waals surface area (Å²) >= 11 is 0. The number of rotatable bonds is 4. The molecule has 94 valence electrons. The third-order valence-corrected chi connectivity index (χ3v) is 4.52. The molecule has 1 rings (SSSR count). The van der Waals surface area contributed by atoms with Crippen LogP contribution in [-0.4, -0.2) is 33.2 Å². The van der Waals surface area contributed by atoms with Crippen LogP contribution in [0.3, 0.4) is 0 Å². The Morgan fingerprint density at radius 3 is 2.56 bits per heavy atom. The number of hydrogen-bond acceptors (Lipinski definition) is 4. The highest BCUT2D eigenvalue weighted by molar-refractivity contribution is 7.90. The van der Waals surface area contributed by atoms with E-state index in [9.17, 15) is 13.2 Å². The summed E-state index contributed by atoms with van der Waals surface area (Å²) in [7, 11) is -3.44. The van der Waals surface area contributed by atoms with Gasteiger partial charge in [-0.25, -0.2) is 8.42 Å². The van der Waals surface area contributed by atoms with Gasteiger partial charge in [0.05, 0.1) is 11.2 Å². The molecule has 5 nitrogen and oxygen atoms in total. The average Bonchev–Trinajstić information content (AvgIpc) is 2.29. The lowest BCUT2D eigenvalue weighted by Gasteiger charge is -2.35. The van der Waals surface area contributed by atoms with E-state index >= 15 is 0 Å². The van der Waals surface area contributed by atoms with Crippen molar-refractivity contribution in [3.8, 4) is 0 Å². The summed E-state index contributed by atoms with van der Waals surface area (Å²) in [4.78, 5) is 12.0. The van der Waals surface area contributed by atoms with Crippen LogP contribution in [0.1, 0.15) is 33.1 Å². The van der Waals surface area contributed by atoms with Gasteiger partial charge in [-0.05, 0) is 32.7 Å². The van der Waals surface area contributed by atoms with Crippen molar-refractivity contribution >= 4 is 15.9 Å². The zero-order valence-corrected chi connectivity index (χ0v) is 10.7. The fourth-order valence-corrected chi connectivity index (χ4v) is 2.59. The van der Waals surface area contributed by atoms with Crippen molar-refractivity contribution in [2.75, 3.05) is 18.8 Å². The fraction of sp³-hybridized carbons (Fsp3) is 0.900. The number of hydrogen-bond donors (Lipinski definition) is 2. The Morgan fingerprint density at radius 2 is 2.12 bits per heavy atom. The normalized spacial score (nSPS) is 26.4. The van der Waals surface area contributed by atoms with E-state index in [1.807, 2.05) is 6.92 Å². The van der Waals surface area contributed by atoms with Gasteiger partial charge in [0.2, 0.25) is 15.9 Å². The summed E-state index contributed by atoms with van der Waals surface area (Å²) in [5.41, 5.74) is -0.555. The highest BCUT2D eigenvalue weighted by Crippen LogP contribution is 2.30.